The molecule has 34 heavy (non-hydrogen) atoms. The van der Waals surface area contributed by atoms with Gasteiger partial charge < -0.3 is 30.1 Å². The molecule has 0 bridgehead atoms. The summed E-state index contributed by atoms with van der Waals surface area (Å²) in [5, 5.41) is 15.3. The number of carbonyl (C=O) groups is 1. The molecule has 3 N–H and O–H groups in total. The van der Waals surface area contributed by atoms with Crippen molar-refractivity contribution >= 4 is 23.4 Å². The maximum Gasteiger partial charge on any atom is 0.329 e. The first-order valence-electron chi connectivity index (χ1n) is 10.9. The number of methoxy groups -OCH3 is 2. The number of carboxylic acids is 1. The van der Waals surface area contributed by atoms with Crippen LogP contribution in [-0.2, 0) is 4.79 Å². The number of halogens is 1. The Kier molecular flexibility index (Phi) is 7.18. The Hall–Kier alpha value is -3.56. The van der Waals surface area contributed by atoms with Gasteiger partial charge in [0, 0.05) is 53.3 Å². The topological polar surface area (TPSA) is 109 Å². The lowest BCUT2D eigenvalue weighted by atomic mass is 9.77. The summed E-state index contributed by atoms with van der Waals surface area (Å²) in [6, 6.07) is 5.17. The van der Waals surface area contributed by atoms with Gasteiger partial charge in [-0.25, -0.2) is 14.2 Å². The lowest BCUT2D eigenvalue weighted by Gasteiger charge is -2.55. The molecule has 1 aromatic heterocycles. The Labute approximate surface area is 199 Å². The van der Waals surface area contributed by atoms with Gasteiger partial charge in [-0.2, -0.15) is 4.98 Å². The molecule has 3 rings (SSSR count). The lowest BCUT2D eigenvalue weighted by Crippen LogP contribution is -2.60. The van der Waals surface area contributed by atoms with Gasteiger partial charge in [-0.3, -0.25) is 0 Å². The van der Waals surface area contributed by atoms with E-state index in [1.165, 1.54) is 0 Å². The summed E-state index contributed by atoms with van der Waals surface area (Å²) in [6.07, 6.45) is 5.19. The zero-order valence-corrected chi connectivity index (χ0v) is 20.3. The summed E-state index contributed by atoms with van der Waals surface area (Å²) < 4.78 is 25.2. The van der Waals surface area contributed by atoms with Crippen molar-refractivity contribution in [3.05, 3.63) is 42.5 Å². The third kappa shape index (κ3) is 5.86. The average Bonchev–Trinajstić information content (AvgIpc) is 2.73. The van der Waals surface area contributed by atoms with Crippen LogP contribution in [0.4, 0.5) is 21.8 Å². The van der Waals surface area contributed by atoms with Gasteiger partial charge in [0.2, 0.25) is 5.95 Å². The van der Waals surface area contributed by atoms with Gasteiger partial charge in [-0.05, 0) is 40.5 Å². The number of anilines is 3. The second-order valence-electron chi connectivity index (χ2n) is 9.51. The molecule has 0 aliphatic carbocycles. The number of rotatable bonds is 8. The molecule has 0 atom stereocenters. The van der Waals surface area contributed by atoms with Crippen LogP contribution in [0, 0.1) is 5.82 Å². The molecule has 1 aromatic carbocycles. The molecule has 0 amide bonds. The van der Waals surface area contributed by atoms with Crippen LogP contribution in [0.1, 0.15) is 40.5 Å². The van der Waals surface area contributed by atoms with E-state index in [0.717, 1.165) is 12.3 Å². The maximum absolute atomic E-state index is 14.6. The number of aliphatic carboxylic acids is 1. The van der Waals surface area contributed by atoms with Gasteiger partial charge in [-0.15, -0.1) is 0 Å². The summed E-state index contributed by atoms with van der Waals surface area (Å²) in [4.78, 5) is 21.5. The van der Waals surface area contributed by atoms with Gasteiger partial charge in [-0.1, -0.05) is 0 Å². The minimum absolute atomic E-state index is 0.0892. The predicted molar refractivity (Wildman–Crippen MR) is 128 cm³/mol. The quantitative estimate of drug-likeness (QED) is 0.480. The van der Waals surface area contributed by atoms with Crippen LogP contribution in [0.25, 0.3) is 0 Å². The highest BCUT2D eigenvalue weighted by atomic mass is 19.1. The molecule has 184 valence electrons. The van der Waals surface area contributed by atoms with Crippen molar-refractivity contribution in [1.29, 1.82) is 0 Å². The smallest absolute Gasteiger partial charge is 0.329 e. The Morgan fingerprint density at radius 3 is 2.26 bits per heavy atom. The van der Waals surface area contributed by atoms with E-state index >= 15 is 0 Å². The van der Waals surface area contributed by atoms with E-state index in [2.05, 4.69) is 20.6 Å². The fraction of sp³-hybridized carbons (Fsp3) is 0.458. The normalized spacial score (nSPS) is 17.4. The zero-order valence-electron chi connectivity index (χ0n) is 20.3. The van der Waals surface area contributed by atoms with Gasteiger partial charge in [0.25, 0.3) is 0 Å². The van der Waals surface area contributed by atoms with Crippen LogP contribution < -0.4 is 20.1 Å². The largest absolute Gasteiger partial charge is 0.497 e. The van der Waals surface area contributed by atoms with Crippen LogP contribution in [-0.4, -0.2) is 57.3 Å². The highest BCUT2D eigenvalue weighted by Crippen LogP contribution is 2.40. The second kappa shape index (κ2) is 9.74. The van der Waals surface area contributed by atoms with Crippen molar-refractivity contribution < 1.29 is 23.8 Å². The number of hydrogen-bond donors (Lipinski definition) is 3. The maximum atomic E-state index is 14.6. The molecule has 0 spiro atoms. The van der Waals surface area contributed by atoms with Crippen LogP contribution in [0.5, 0.6) is 11.5 Å². The molecule has 0 unspecified atom stereocenters. The minimum Gasteiger partial charge on any atom is -0.497 e. The van der Waals surface area contributed by atoms with Gasteiger partial charge in [0.1, 0.15) is 11.5 Å². The zero-order chi connectivity index (χ0) is 25.1. The predicted octanol–water partition coefficient (Wildman–Crippen LogP) is 4.41. The van der Waals surface area contributed by atoms with E-state index in [-0.39, 0.29) is 28.9 Å². The number of nitrogens with zero attached hydrogens (tertiary/aromatic N) is 3. The van der Waals surface area contributed by atoms with Crippen molar-refractivity contribution in [2.45, 2.75) is 57.7 Å². The molecule has 0 radical (unpaired) electrons. The SMILES string of the molecule is COc1cc(Nc2ncc(F)c(NC3CC(C)(C)N(C=CC(=O)O)C(C)(C)C3)n2)cc(OC)c1. The molecule has 2 aromatic rings. The van der Waals surface area contributed by atoms with Gasteiger partial charge in [0.15, 0.2) is 11.6 Å². The van der Waals surface area contributed by atoms with Crippen LogP contribution >= 0.6 is 0 Å². The van der Waals surface area contributed by atoms with Gasteiger partial charge in [0.05, 0.1) is 20.4 Å². The third-order valence-electron chi connectivity index (χ3n) is 5.85. The summed E-state index contributed by atoms with van der Waals surface area (Å²) in [7, 11) is 3.11. The fourth-order valence-corrected chi connectivity index (χ4v) is 4.67. The molecule has 1 aliphatic rings. The Morgan fingerprint density at radius 2 is 1.74 bits per heavy atom. The number of nitrogens with one attached hydrogen (secondary N) is 2. The monoisotopic (exact) mass is 473 g/mol. The molecular weight excluding hydrogens is 441 g/mol. The molecule has 0 saturated carbocycles. The first-order chi connectivity index (χ1) is 15.9. The Bertz CT molecular complexity index is 1030. The number of ether oxygens (including phenoxy) is 2. The average molecular weight is 474 g/mol. The van der Waals surface area contributed by atoms with Gasteiger partial charge >= 0.3 is 5.97 Å². The number of benzene rings is 1. The first kappa shape index (κ1) is 25.1. The first-order valence-corrected chi connectivity index (χ1v) is 10.9. The summed E-state index contributed by atoms with van der Waals surface area (Å²) in [5.74, 6) is -0.0508. The van der Waals surface area contributed by atoms with Crippen molar-refractivity contribution in [2.24, 2.45) is 0 Å². The molecule has 9 nitrogen and oxygen atoms in total. The third-order valence-corrected chi connectivity index (χ3v) is 5.85. The molecule has 2 heterocycles. The minimum atomic E-state index is -0.997. The van der Waals surface area contributed by atoms with Crippen molar-refractivity contribution in [2.75, 3.05) is 24.9 Å². The van der Waals surface area contributed by atoms with Crippen molar-refractivity contribution in [1.82, 2.24) is 14.9 Å². The summed E-state index contributed by atoms with van der Waals surface area (Å²) in [6.45, 7) is 8.14. The molecule has 1 aliphatic heterocycles. The molecule has 1 saturated heterocycles. The molecule has 10 heteroatoms. The number of hydrogen-bond acceptors (Lipinski definition) is 8. The fourth-order valence-electron chi connectivity index (χ4n) is 4.67. The van der Waals surface area contributed by atoms with E-state index in [1.54, 1.807) is 38.6 Å². The number of aromatic nitrogens is 2. The summed E-state index contributed by atoms with van der Waals surface area (Å²) in [5.41, 5.74) is -0.102. The number of carboxylic acid groups (broad SMARTS) is 1. The highest BCUT2D eigenvalue weighted by molar-refractivity contribution is 5.79. The molecule has 1 fully saturated rings. The van der Waals surface area contributed by atoms with E-state index < -0.39 is 11.8 Å². The van der Waals surface area contributed by atoms with E-state index in [9.17, 15) is 9.18 Å². The molecular formula is C24H32FN5O4. The Balaban J connectivity index is 1.80. The Morgan fingerprint density at radius 1 is 1.15 bits per heavy atom. The summed E-state index contributed by atoms with van der Waals surface area (Å²) >= 11 is 0. The van der Waals surface area contributed by atoms with Crippen LogP contribution in [0.2, 0.25) is 0 Å². The van der Waals surface area contributed by atoms with E-state index in [4.69, 9.17) is 14.6 Å². The second-order valence-corrected chi connectivity index (χ2v) is 9.51. The van der Waals surface area contributed by atoms with Crippen LogP contribution in [0.3, 0.4) is 0 Å². The van der Waals surface area contributed by atoms with Crippen molar-refractivity contribution in [3.63, 3.8) is 0 Å². The standard InChI is InChI=1S/C24H32FN5O4/c1-23(2)12-16(13-24(3,4)30(23)8-7-20(31)32)27-21-19(25)14-26-22(29-21)28-15-9-17(33-5)11-18(10-15)34-6/h7-11,14,16H,12-13H2,1-6H3,(H,31,32)(H2,26,27,28,29). The number of likely N-dealkylation sites (tertiary alicyclic amines) is 1. The highest BCUT2D eigenvalue weighted by Gasteiger charge is 2.44. The lowest BCUT2D eigenvalue weighted by molar-refractivity contribution is -0.131. The van der Waals surface area contributed by atoms with E-state index in [0.29, 0.717) is 30.0 Å². The van der Waals surface area contributed by atoms with Crippen LogP contribution in [0.15, 0.2) is 36.7 Å². The van der Waals surface area contributed by atoms with Crippen molar-refractivity contribution in [3.8, 4) is 11.5 Å². The van der Waals surface area contributed by atoms with E-state index in [1.807, 2.05) is 32.6 Å². The number of piperidine rings is 1.